The maximum atomic E-state index is 12.5. The summed E-state index contributed by atoms with van der Waals surface area (Å²) in [5.41, 5.74) is 1.76. The number of nitrogens with zero attached hydrogens (tertiary/aromatic N) is 1. The van der Waals surface area contributed by atoms with Gasteiger partial charge in [-0.05, 0) is 43.2 Å². The zero-order valence-corrected chi connectivity index (χ0v) is 13.7. The molecule has 1 fully saturated rings. The summed E-state index contributed by atoms with van der Waals surface area (Å²) < 4.78 is 27.0. The van der Waals surface area contributed by atoms with Crippen molar-refractivity contribution >= 4 is 27.3 Å². The van der Waals surface area contributed by atoms with Crippen LogP contribution < -0.4 is 14.9 Å². The van der Waals surface area contributed by atoms with Gasteiger partial charge in [-0.2, -0.15) is 4.72 Å². The Morgan fingerprint density at radius 1 is 1.12 bits per heavy atom. The highest BCUT2D eigenvalue weighted by Crippen LogP contribution is 2.37. The molecule has 6 nitrogen and oxygen atoms in total. The van der Waals surface area contributed by atoms with E-state index in [-0.39, 0.29) is 17.5 Å². The van der Waals surface area contributed by atoms with E-state index in [4.69, 9.17) is 0 Å². The van der Waals surface area contributed by atoms with Crippen LogP contribution in [0.15, 0.2) is 53.4 Å². The first-order valence-electron chi connectivity index (χ1n) is 7.81. The highest BCUT2D eigenvalue weighted by Gasteiger charge is 2.36. The lowest BCUT2D eigenvalue weighted by atomic mass is 10.1. The van der Waals surface area contributed by atoms with E-state index < -0.39 is 10.0 Å². The van der Waals surface area contributed by atoms with Gasteiger partial charge in [-0.15, -0.1) is 0 Å². The summed E-state index contributed by atoms with van der Waals surface area (Å²) in [5, 5.41) is 2.82. The van der Waals surface area contributed by atoms with Crippen molar-refractivity contribution in [1.29, 1.82) is 0 Å². The molecule has 124 valence electrons. The lowest BCUT2D eigenvalue weighted by Gasteiger charge is -2.31. The van der Waals surface area contributed by atoms with E-state index in [0.29, 0.717) is 23.0 Å². The number of benzene rings is 2. The van der Waals surface area contributed by atoms with Gasteiger partial charge in [0, 0.05) is 17.3 Å². The van der Waals surface area contributed by atoms with E-state index in [1.54, 1.807) is 24.3 Å². The van der Waals surface area contributed by atoms with Crippen molar-refractivity contribution in [3.63, 3.8) is 0 Å². The van der Waals surface area contributed by atoms with Crippen LogP contribution in [0.4, 0.5) is 11.4 Å². The SMILES string of the molecule is O=C(Nc1ccccc1)c1ccc2c(c1)N(C1CC1)CNS2(=O)=O. The fourth-order valence-corrected chi connectivity index (χ4v) is 4.03. The molecule has 0 spiro atoms. The van der Waals surface area contributed by atoms with Crippen molar-refractivity contribution in [2.75, 3.05) is 16.9 Å². The van der Waals surface area contributed by atoms with Gasteiger partial charge >= 0.3 is 0 Å². The van der Waals surface area contributed by atoms with Crippen LogP contribution in [0.3, 0.4) is 0 Å². The minimum absolute atomic E-state index is 0.233. The number of amides is 1. The molecule has 24 heavy (non-hydrogen) atoms. The Bertz CT molecular complexity index is 893. The van der Waals surface area contributed by atoms with E-state index >= 15 is 0 Å². The van der Waals surface area contributed by atoms with E-state index in [9.17, 15) is 13.2 Å². The normalized spacial score (nSPS) is 18.8. The number of sulfonamides is 1. The van der Waals surface area contributed by atoms with Crippen molar-refractivity contribution in [1.82, 2.24) is 4.72 Å². The van der Waals surface area contributed by atoms with Crippen LogP contribution >= 0.6 is 0 Å². The van der Waals surface area contributed by atoms with Crippen molar-refractivity contribution in [3.05, 3.63) is 54.1 Å². The van der Waals surface area contributed by atoms with Crippen LogP contribution in [0, 0.1) is 0 Å². The standard InChI is InChI=1S/C17H17N3O3S/c21-17(19-13-4-2-1-3-5-13)12-6-9-16-15(10-12)20(14-7-8-14)11-18-24(16,22)23/h1-6,9-10,14,18H,7-8,11H2,(H,19,21). The van der Waals surface area contributed by atoms with Gasteiger partial charge in [0.25, 0.3) is 5.91 Å². The summed E-state index contributed by atoms with van der Waals surface area (Å²) in [5.74, 6) is -0.254. The molecule has 2 aromatic rings. The monoisotopic (exact) mass is 343 g/mol. The third-order valence-corrected chi connectivity index (χ3v) is 5.70. The zero-order chi connectivity index (χ0) is 16.7. The second-order valence-electron chi connectivity index (χ2n) is 6.01. The molecule has 0 unspecified atom stereocenters. The molecule has 1 aliphatic heterocycles. The molecule has 2 aliphatic rings. The lowest BCUT2D eigenvalue weighted by molar-refractivity contribution is 0.102. The smallest absolute Gasteiger partial charge is 0.255 e. The first kappa shape index (κ1) is 15.2. The van der Waals surface area contributed by atoms with Gasteiger partial charge in [0.1, 0.15) is 4.90 Å². The summed E-state index contributed by atoms with van der Waals surface area (Å²) in [6, 6.07) is 14.2. The first-order chi connectivity index (χ1) is 11.5. The molecule has 0 saturated heterocycles. The predicted octanol–water partition coefficient (Wildman–Crippen LogP) is 2.16. The van der Waals surface area contributed by atoms with Crippen molar-refractivity contribution in [3.8, 4) is 0 Å². The van der Waals surface area contributed by atoms with Gasteiger partial charge in [-0.25, -0.2) is 8.42 Å². The zero-order valence-electron chi connectivity index (χ0n) is 12.9. The summed E-state index contributed by atoms with van der Waals surface area (Å²) in [6.45, 7) is 0.254. The molecule has 0 atom stereocenters. The number of carbonyl (C=O) groups is 1. The number of carbonyl (C=O) groups excluding carboxylic acids is 1. The summed E-state index contributed by atoms with van der Waals surface area (Å²) in [6.07, 6.45) is 2.09. The molecule has 4 rings (SSSR count). The van der Waals surface area contributed by atoms with Crippen LogP contribution in [0.1, 0.15) is 23.2 Å². The van der Waals surface area contributed by atoms with E-state index in [1.165, 1.54) is 6.07 Å². The van der Waals surface area contributed by atoms with Gasteiger partial charge < -0.3 is 10.2 Å². The third kappa shape index (κ3) is 2.76. The van der Waals surface area contributed by atoms with Crippen molar-refractivity contribution in [2.24, 2.45) is 0 Å². The maximum Gasteiger partial charge on any atom is 0.255 e. The molecule has 2 N–H and O–H groups in total. The number of rotatable bonds is 3. The Hall–Kier alpha value is -2.38. The Morgan fingerprint density at radius 3 is 2.58 bits per heavy atom. The summed E-state index contributed by atoms with van der Waals surface area (Å²) in [7, 11) is -3.51. The molecule has 1 amide bonds. The molecular weight excluding hydrogens is 326 g/mol. The number of hydrogen-bond acceptors (Lipinski definition) is 4. The van der Waals surface area contributed by atoms with Gasteiger partial charge in [-0.3, -0.25) is 4.79 Å². The molecule has 0 bridgehead atoms. The summed E-state index contributed by atoms with van der Waals surface area (Å²) >= 11 is 0. The van der Waals surface area contributed by atoms with Crippen molar-refractivity contribution < 1.29 is 13.2 Å². The second-order valence-corrected chi connectivity index (χ2v) is 7.74. The van der Waals surface area contributed by atoms with Crippen LogP contribution in [0.5, 0.6) is 0 Å². The Balaban J connectivity index is 1.68. The number of hydrogen-bond donors (Lipinski definition) is 2. The molecule has 1 aliphatic carbocycles. The van der Waals surface area contributed by atoms with Gasteiger partial charge in [0.05, 0.1) is 12.4 Å². The van der Waals surface area contributed by atoms with E-state index in [1.807, 2.05) is 23.1 Å². The highest BCUT2D eigenvalue weighted by molar-refractivity contribution is 7.89. The number of fused-ring (bicyclic) bond motifs is 1. The highest BCUT2D eigenvalue weighted by atomic mass is 32.2. The summed E-state index contributed by atoms with van der Waals surface area (Å²) in [4.78, 5) is 14.7. The average molecular weight is 343 g/mol. The van der Waals surface area contributed by atoms with Crippen molar-refractivity contribution in [2.45, 2.75) is 23.8 Å². The maximum absolute atomic E-state index is 12.5. The molecule has 0 radical (unpaired) electrons. The predicted molar refractivity (Wildman–Crippen MR) is 91.5 cm³/mol. The molecule has 0 aromatic heterocycles. The van der Waals surface area contributed by atoms with E-state index in [2.05, 4.69) is 10.0 Å². The Morgan fingerprint density at radius 2 is 1.88 bits per heavy atom. The molecule has 7 heteroatoms. The number of anilines is 2. The largest absolute Gasteiger partial charge is 0.354 e. The van der Waals surface area contributed by atoms with Crippen LogP contribution in [-0.2, 0) is 10.0 Å². The van der Waals surface area contributed by atoms with Crippen LogP contribution in [-0.4, -0.2) is 27.0 Å². The average Bonchev–Trinajstić information content (AvgIpc) is 3.40. The minimum atomic E-state index is -3.51. The molecule has 1 saturated carbocycles. The van der Waals surface area contributed by atoms with Gasteiger partial charge in [0.2, 0.25) is 10.0 Å². The molecule has 1 heterocycles. The first-order valence-corrected chi connectivity index (χ1v) is 9.30. The lowest BCUT2D eigenvalue weighted by Crippen LogP contribution is -2.44. The van der Waals surface area contributed by atoms with Gasteiger partial charge in [-0.1, -0.05) is 18.2 Å². The van der Waals surface area contributed by atoms with E-state index in [0.717, 1.165) is 12.8 Å². The topological polar surface area (TPSA) is 78.5 Å². The minimum Gasteiger partial charge on any atom is -0.354 e. The quantitative estimate of drug-likeness (QED) is 0.895. The number of para-hydroxylation sites is 1. The van der Waals surface area contributed by atoms with Crippen LogP contribution in [0.2, 0.25) is 0 Å². The molecular formula is C17H17N3O3S. The van der Waals surface area contributed by atoms with Crippen LogP contribution in [0.25, 0.3) is 0 Å². The third-order valence-electron chi connectivity index (χ3n) is 4.26. The number of nitrogens with one attached hydrogen (secondary N) is 2. The second kappa shape index (κ2) is 5.61. The fourth-order valence-electron chi connectivity index (χ4n) is 2.86. The van der Waals surface area contributed by atoms with Gasteiger partial charge in [0.15, 0.2) is 0 Å². The Kier molecular flexibility index (Phi) is 3.54. The Labute approximate surface area is 140 Å². The fraction of sp³-hybridized carbons (Fsp3) is 0.235. The molecule has 2 aromatic carbocycles.